The Morgan fingerprint density at radius 1 is 1.00 bits per heavy atom. The number of ether oxygens (including phenoxy) is 2. The Hall–Kier alpha value is -1.08. The van der Waals surface area contributed by atoms with Crippen LogP contribution in [0.15, 0.2) is 18.2 Å². The van der Waals surface area contributed by atoms with E-state index in [2.05, 4.69) is 6.07 Å². The highest BCUT2D eigenvalue weighted by Gasteiger charge is 2.51. The maximum absolute atomic E-state index is 6.11. The summed E-state index contributed by atoms with van der Waals surface area (Å²) in [7, 11) is -0.405. The molecule has 0 radical (unpaired) electrons. The van der Waals surface area contributed by atoms with Crippen LogP contribution in [-0.2, 0) is 18.8 Å². The Kier molecular flexibility index (Phi) is 3.97. The van der Waals surface area contributed by atoms with Crippen LogP contribution in [0, 0.1) is 0 Å². The van der Waals surface area contributed by atoms with Crippen molar-refractivity contribution in [2.24, 2.45) is 0 Å². The van der Waals surface area contributed by atoms with Crippen LogP contribution < -0.4 is 11.2 Å². The standard InChI is InChI=1S/C16H24BNO4/c1-15(2)16(3,4)22-17(21-15)13-5-11(6-14(18)7-13)12-8-19-10-20-9-12/h5-7,12H,8-10,18H2,1-4H3. The molecule has 0 aromatic heterocycles. The van der Waals surface area contributed by atoms with Crippen molar-refractivity contribution < 1.29 is 18.8 Å². The topological polar surface area (TPSA) is 62.9 Å². The average Bonchev–Trinajstić information content (AvgIpc) is 2.68. The molecule has 0 atom stereocenters. The number of nitrogens with two attached hydrogens (primary N) is 1. The number of hydrogen-bond donors (Lipinski definition) is 1. The van der Waals surface area contributed by atoms with Crippen molar-refractivity contribution in [1.82, 2.24) is 0 Å². The van der Waals surface area contributed by atoms with Crippen molar-refractivity contribution in [3.8, 4) is 0 Å². The molecule has 0 aliphatic carbocycles. The second-order valence-corrected chi connectivity index (χ2v) is 7.08. The summed E-state index contributed by atoms with van der Waals surface area (Å²) in [5.41, 5.74) is 8.10. The lowest BCUT2D eigenvalue weighted by Gasteiger charge is -2.32. The zero-order valence-electron chi connectivity index (χ0n) is 13.7. The van der Waals surface area contributed by atoms with Gasteiger partial charge in [-0.3, -0.25) is 0 Å². The van der Waals surface area contributed by atoms with Gasteiger partial charge in [-0.1, -0.05) is 6.07 Å². The average molecular weight is 305 g/mol. The molecular weight excluding hydrogens is 281 g/mol. The minimum atomic E-state index is -0.405. The summed E-state index contributed by atoms with van der Waals surface area (Å²) in [5, 5.41) is 0. The van der Waals surface area contributed by atoms with Crippen LogP contribution in [0.1, 0.15) is 39.2 Å². The molecule has 1 aromatic rings. The molecule has 0 spiro atoms. The molecule has 2 aliphatic heterocycles. The Morgan fingerprint density at radius 3 is 2.18 bits per heavy atom. The van der Waals surface area contributed by atoms with Crippen molar-refractivity contribution in [1.29, 1.82) is 0 Å². The smallest absolute Gasteiger partial charge is 0.399 e. The third kappa shape index (κ3) is 2.88. The second kappa shape index (κ2) is 5.53. The molecule has 0 bridgehead atoms. The lowest BCUT2D eigenvalue weighted by Crippen LogP contribution is -2.41. The molecular formula is C16H24BNO4. The molecule has 0 amide bonds. The summed E-state index contributed by atoms with van der Waals surface area (Å²) in [5.74, 6) is 0.193. The lowest BCUT2D eigenvalue weighted by atomic mass is 9.77. The molecule has 2 N–H and O–H groups in total. The van der Waals surface area contributed by atoms with Gasteiger partial charge in [0.15, 0.2) is 0 Å². The molecule has 2 heterocycles. The minimum absolute atomic E-state index is 0.193. The molecule has 2 fully saturated rings. The van der Waals surface area contributed by atoms with E-state index in [1.54, 1.807) is 0 Å². The first-order valence-corrected chi connectivity index (χ1v) is 7.70. The van der Waals surface area contributed by atoms with E-state index >= 15 is 0 Å². The largest absolute Gasteiger partial charge is 0.494 e. The quantitative estimate of drug-likeness (QED) is 0.665. The Balaban J connectivity index is 1.87. The fourth-order valence-electron chi connectivity index (χ4n) is 2.73. The van der Waals surface area contributed by atoms with Gasteiger partial charge >= 0.3 is 7.12 Å². The van der Waals surface area contributed by atoms with Gasteiger partial charge in [-0.25, -0.2) is 0 Å². The normalized spacial score (nSPS) is 24.6. The number of nitrogen functional groups attached to an aromatic ring is 1. The van der Waals surface area contributed by atoms with Crippen molar-refractivity contribution in [3.05, 3.63) is 23.8 Å². The molecule has 0 saturated carbocycles. The van der Waals surface area contributed by atoms with Crippen LogP contribution in [0.5, 0.6) is 0 Å². The first-order chi connectivity index (χ1) is 10.3. The van der Waals surface area contributed by atoms with E-state index in [1.165, 1.54) is 0 Å². The van der Waals surface area contributed by atoms with Gasteiger partial charge in [0.1, 0.15) is 6.79 Å². The Morgan fingerprint density at radius 2 is 1.59 bits per heavy atom. The van der Waals surface area contributed by atoms with Crippen LogP contribution >= 0.6 is 0 Å². The molecule has 5 nitrogen and oxygen atoms in total. The summed E-state index contributed by atoms with van der Waals surface area (Å²) in [4.78, 5) is 0. The first kappa shape index (κ1) is 15.8. The summed E-state index contributed by atoms with van der Waals surface area (Å²) in [6.07, 6.45) is 0. The van der Waals surface area contributed by atoms with Gasteiger partial charge in [-0.15, -0.1) is 0 Å². The van der Waals surface area contributed by atoms with E-state index in [0.29, 0.717) is 25.7 Å². The molecule has 2 saturated heterocycles. The van der Waals surface area contributed by atoms with Gasteiger partial charge in [0.25, 0.3) is 0 Å². The fraction of sp³-hybridized carbons (Fsp3) is 0.625. The number of hydrogen-bond acceptors (Lipinski definition) is 5. The molecule has 22 heavy (non-hydrogen) atoms. The monoisotopic (exact) mass is 305 g/mol. The van der Waals surface area contributed by atoms with Crippen LogP contribution in [0.25, 0.3) is 0 Å². The summed E-state index contributed by atoms with van der Waals surface area (Å²) < 4.78 is 23.0. The Labute approximate surface area is 132 Å². The number of anilines is 1. The highest BCUT2D eigenvalue weighted by molar-refractivity contribution is 6.62. The van der Waals surface area contributed by atoms with Gasteiger partial charge in [-0.05, 0) is 50.9 Å². The highest BCUT2D eigenvalue weighted by atomic mass is 16.7. The molecule has 2 aliphatic rings. The molecule has 6 heteroatoms. The predicted molar refractivity (Wildman–Crippen MR) is 86.1 cm³/mol. The molecule has 1 aromatic carbocycles. The van der Waals surface area contributed by atoms with Crippen molar-refractivity contribution in [2.45, 2.75) is 44.8 Å². The van der Waals surface area contributed by atoms with Crippen molar-refractivity contribution in [3.63, 3.8) is 0 Å². The van der Waals surface area contributed by atoms with Gasteiger partial charge in [-0.2, -0.15) is 0 Å². The lowest BCUT2D eigenvalue weighted by molar-refractivity contribution is -0.108. The second-order valence-electron chi connectivity index (χ2n) is 7.08. The van der Waals surface area contributed by atoms with Gasteiger partial charge in [0, 0.05) is 11.6 Å². The van der Waals surface area contributed by atoms with Crippen LogP contribution in [0.3, 0.4) is 0 Å². The fourth-order valence-corrected chi connectivity index (χ4v) is 2.73. The predicted octanol–water partition coefficient (Wildman–Crippen LogP) is 1.66. The molecule has 0 unspecified atom stereocenters. The van der Waals surface area contributed by atoms with E-state index < -0.39 is 7.12 Å². The summed E-state index contributed by atoms with van der Waals surface area (Å²) in [6, 6.07) is 5.97. The number of rotatable bonds is 2. The zero-order chi connectivity index (χ0) is 16.0. The zero-order valence-corrected chi connectivity index (χ0v) is 13.7. The maximum atomic E-state index is 6.11. The Bertz CT molecular complexity index is 539. The van der Waals surface area contributed by atoms with E-state index in [-0.39, 0.29) is 17.1 Å². The van der Waals surface area contributed by atoms with Crippen LogP contribution in [0.2, 0.25) is 0 Å². The minimum Gasteiger partial charge on any atom is -0.399 e. The highest BCUT2D eigenvalue weighted by Crippen LogP contribution is 2.36. The van der Waals surface area contributed by atoms with E-state index in [1.807, 2.05) is 39.8 Å². The number of benzene rings is 1. The third-order valence-electron chi connectivity index (χ3n) is 4.80. The van der Waals surface area contributed by atoms with E-state index in [4.69, 9.17) is 24.5 Å². The summed E-state index contributed by atoms with van der Waals surface area (Å²) in [6.45, 7) is 9.83. The van der Waals surface area contributed by atoms with Crippen LogP contribution in [0.4, 0.5) is 5.69 Å². The van der Waals surface area contributed by atoms with Crippen molar-refractivity contribution in [2.75, 3.05) is 25.7 Å². The van der Waals surface area contributed by atoms with Gasteiger partial charge in [0.05, 0.1) is 24.4 Å². The SMILES string of the molecule is CC1(C)OB(c2cc(N)cc(C3COCOC3)c2)OC1(C)C. The summed E-state index contributed by atoms with van der Waals surface area (Å²) >= 11 is 0. The van der Waals surface area contributed by atoms with Crippen LogP contribution in [-0.4, -0.2) is 38.3 Å². The maximum Gasteiger partial charge on any atom is 0.494 e. The van der Waals surface area contributed by atoms with E-state index in [9.17, 15) is 0 Å². The first-order valence-electron chi connectivity index (χ1n) is 7.70. The van der Waals surface area contributed by atoms with Crippen molar-refractivity contribution >= 4 is 18.3 Å². The molecule has 3 rings (SSSR count). The third-order valence-corrected chi connectivity index (χ3v) is 4.80. The van der Waals surface area contributed by atoms with Gasteiger partial charge in [0.2, 0.25) is 0 Å². The van der Waals surface area contributed by atoms with E-state index in [0.717, 1.165) is 11.0 Å². The van der Waals surface area contributed by atoms with Gasteiger partial charge < -0.3 is 24.5 Å². The molecule has 120 valence electrons.